The number of pyridine rings is 1. The van der Waals surface area contributed by atoms with Crippen LogP contribution in [-0.2, 0) is 16.1 Å². The zero-order chi connectivity index (χ0) is 20.1. The predicted molar refractivity (Wildman–Crippen MR) is 115 cm³/mol. The fraction of sp³-hybridized carbons (Fsp3) is 0.409. The first kappa shape index (κ1) is 19.8. The van der Waals surface area contributed by atoms with Crippen molar-refractivity contribution in [2.45, 2.75) is 38.3 Å². The van der Waals surface area contributed by atoms with Crippen LogP contribution in [-0.4, -0.2) is 40.4 Å². The Kier molecular flexibility index (Phi) is 6.36. The number of carbonyl (C=O) groups is 1. The van der Waals surface area contributed by atoms with Crippen LogP contribution in [0.15, 0.2) is 48.2 Å². The molecule has 1 aliphatic rings. The zero-order valence-corrected chi connectivity index (χ0v) is 17.4. The summed E-state index contributed by atoms with van der Waals surface area (Å²) in [7, 11) is 1.73. The Hall–Kier alpha value is -2.51. The molecule has 3 aromatic heterocycles. The molecule has 7 heteroatoms. The van der Waals surface area contributed by atoms with Crippen LogP contribution < -0.4 is 5.32 Å². The molecule has 0 radical (unpaired) electrons. The molecule has 29 heavy (non-hydrogen) atoms. The number of ether oxygens (including phenoxy) is 1. The first-order valence-electron chi connectivity index (χ1n) is 10.1. The maximum atomic E-state index is 12.6. The summed E-state index contributed by atoms with van der Waals surface area (Å²) in [6, 6.07) is 8.14. The number of methoxy groups -OCH3 is 1. The Labute approximate surface area is 174 Å². The third-order valence-electron chi connectivity index (χ3n) is 5.54. The molecule has 3 heterocycles. The van der Waals surface area contributed by atoms with Gasteiger partial charge in [0.2, 0.25) is 5.91 Å². The van der Waals surface area contributed by atoms with E-state index in [1.54, 1.807) is 30.8 Å². The Morgan fingerprint density at radius 3 is 2.93 bits per heavy atom. The highest BCUT2D eigenvalue weighted by atomic mass is 32.1. The van der Waals surface area contributed by atoms with Crippen molar-refractivity contribution in [1.82, 2.24) is 20.1 Å². The smallest absolute Gasteiger partial charge is 0.223 e. The molecule has 4 rings (SSSR count). The lowest BCUT2D eigenvalue weighted by molar-refractivity contribution is -0.127. The summed E-state index contributed by atoms with van der Waals surface area (Å²) in [4.78, 5) is 17.9. The number of nitrogens with zero attached hydrogens (tertiary/aromatic N) is 3. The summed E-state index contributed by atoms with van der Waals surface area (Å²) >= 11 is 1.69. The SMILES string of the molecule is CO[C@@H]1CCC[C@H](C(=O)NCCn2ncc(-c3ccncc3)c2-c2cccs2)C1. The van der Waals surface area contributed by atoms with E-state index in [0.29, 0.717) is 13.1 Å². The number of hydrogen-bond donors (Lipinski definition) is 1. The maximum absolute atomic E-state index is 12.6. The zero-order valence-electron chi connectivity index (χ0n) is 16.6. The quantitative estimate of drug-likeness (QED) is 0.639. The van der Waals surface area contributed by atoms with E-state index in [2.05, 4.69) is 26.8 Å². The van der Waals surface area contributed by atoms with Crippen LogP contribution in [0.4, 0.5) is 0 Å². The molecule has 152 valence electrons. The molecule has 0 unspecified atom stereocenters. The average molecular weight is 411 g/mol. The van der Waals surface area contributed by atoms with E-state index >= 15 is 0 Å². The van der Waals surface area contributed by atoms with Crippen molar-refractivity contribution in [1.29, 1.82) is 0 Å². The van der Waals surface area contributed by atoms with Crippen molar-refractivity contribution >= 4 is 17.2 Å². The Morgan fingerprint density at radius 2 is 2.17 bits per heavy atom. The molecule has 1 fully saturated rings. The van der Waals surface area contributed by atoms with E-state index in [-0.39, 0.29) is 17.9 Å². The number of carbonyl (C=O) groups excluding carboxylic acids is 1. The van der Waals surface area contributed by atoms with Gasteiger partial charge in [0, 0.05) is 37.5 Å². The third-order valence-corrected chi connectivity index (χ3v) is 6.41. The second-order valence-corrected chi connectivity index (χ2v) is 8.30. The Bertz CT molecular complexity index is 924. The molecule has 3 aromatic rings. The van der Waals surface area contributed by atoms with Gasteiger partial charge in [-0.3, -0.25) is 14.5 Å². The molecule has 1 amide bonds. The normalized spacial score (nSPS) is 19.2. The van der Waals surface area contributed by atoms with Crippen LogP contribution >= 0.6 is 11.3 Å². The van der Waals surface area contributed by atoms with Crippen molar-refractivity contribution < 1.29 is 9.53 Å². The molecule has 0 spiro atoms. The first-order valence-corrected chi connectivity index (χ1v) is 10.9. The minimum atomic E-state index is 0.0514. The second-order valence-electron chi connectivity index (χ2n) is 7.36. The molecule has 0 aromatic carbocycles. The highest BCUT2D eigenvalue weighted by Crippen LogP contribution is 2.34. The van der Waals surface area contributed by atoms with Crippen LogP contribution in [0.5, 0.6) is 0 Å². The van der Waals surface area contributed by atoms with Gasteiger partial charge in [0.1, 0.15) is 0 Å². The van der Waals surface area contributed by atoms with Gasteiger partial charge in [-0.05, 0) is 48.4 Å². The molecule has 1 N–H and O–H groups in total. The van der Waals surface area contributed by atoms with Crippen molar-refractivity contribution in [3.63, 3.8) is 0 Å². The molecule has 6 nitrogen and oxygen atoms in total. The Morgan fingerprint density at radius 1 is 1.31 bits per heavy atom. The second kappa shape index (κ2) is 9.33. The first-order chi connectivity index (χ1) is 14.3. The van der Waals surface area contributed by atoms with Crippen LogP contribution in [0.1, 0.15) is 25.7 Å². The number of hydrogen-bond acceptors (Lipinski definition) is 5. The summed E-state index contributed by atoms with van der Waals surface area (Å²) in [5.74, 6) is 0.182. The van der Waals surface area contributed by atoms with E-state index in [1.165, 1.54) is 0 Å². The van der Waals surface area contributed by atoms with Crippen molar-refractivity contribution in [2.75, 3.05) is 13.7 Å². The number of nitrogens with one attached hydrogen (secondary N) is 1. The highest BCUT2D eigenvalue weighted by molar-refractivity contribution is 7.13. The van der Waals surface area contributed by atoms with Gasteiger partial charge in [0.05, 0.1) is 29.4 Å². The van der Waals surface area contributed by atoms with Crippen LogP contribution in [0.25, 0.3) is 21.7 Å². The fourth-order valence-electron chi connectivity index (χ4n) is 4.00. The summed E-state index contributed by atoms with van der Waals surface area (Å²) in [5.41, 5.74) is 3.25. The minimum absolute atomic E-state index is 0.0514. The van der Waals surface area contributed by atoms with E-state index in [9.17, 15) is 4.79 Å². The lowest BCUT2D eigenvalue weighted by atomic mass is 9.86. The topological polar surface area (TPSA) is 69.0 Å². The number of aromatic nitrogens is 3. The molecule has 0 saturated heterocycles. The standard InChI is InChI=1S/C22H26N4O2S/c1-28-18-5-2-4-17(14-18)22(27)24-11-12-26-21(20-6-3-13-29-20)19(15-25-26)16-7-9-23-10-8-16/h3,6-10,13,15,17-18H,2,4-5,11-12,14H2,1H3,(H,24,27)/t17-,18+/m0/s1. The maximum Gasteiger partial charge on any atom is 0.223 e. The largest absolute Gasteiger partial charge is 0.381 e. The minimum Gasteiger partial charge on any atom is -0.381 e. The van der Waals surface area contributed by atoms with Gasteiger partial charge in [0.15, 0.2) is 0 Å². The molecule has 0 bridgehead atoms. The molecule has 0 aliphatic heterocycles. The molecular weight excluding hydrogens is 384 g/mol. The van der Waals surface area contributed by atoms with Crippen LogP contribution in [0, 0.1) is 5.92 Å². The van der Waals surface area contributed by atoms with Gasteiger partial charge in [-0.1, -0.05) is 12.5 Å². The van der Waals surface area contributed by atoms with E-state index in [0.717, 1.165) is 47.4 Å². The fourth-order valence-corrected chi connectivity index (χ4v) is 4.79. The van der Waals surface area contributed by atoms with E-state index in [1.807, 2.05) is 29.1 Å². The summed E-state index contributed by atoms with van der Waals surface area (Å²) < 4.78 is 7.44. The number of thiophene rings is 1. The highest BCUT2D eigenvalue weighted by Gasteiger charge is 2.27. The van der Waals surface area contributed by atoms with Gasteiger partial charge in [-0.25, -0.2) is 0 Å². The number of rotatable bonds is 7. The third kappa shape index (κ3) is 4.57. The van der Waals surface area contributed by atoms with Crippen LogP contribution in [0.3, 0.4) is 0 Å². The van der Waals surface area contributed by atoms with Crippen molar-refractivity contribution in [3.8, 4) is 21.7 Å². The van der Waals surface area contributed by atoms with E-state index in [4.69, 9.17) is 4.74 Å². The molecule has 1 saturated carbocycles. The molecular formula is C22H26N4O2S. The summed E-state index contributed by atoms with van der Waals surface area (Å²) in [6.07, 6.45) is 9.56. The lowest BCUT2D eigenvalue weighted by Crippen LogP contribution is -2.37. The average Bonchev–Trinajstić information content (AvgIpc) is 3.44. The lowest BCUT2D eigenvalue weighted by Gasteiger charge is -2.27. The monoisotopic (exact) mass is 410 g/mol. The van der Waals surface area contributed by atoms with Gasteiger partial charge >= 0.3 is 0 Å². The van der Waals surface area contributed by atoms with Crippen molar-refractivity contribution in [3.05, 3.63) is 48.2 Å². The number of amides is 1. The van der Waals surface area contributed by atoms with E-state index < -0.39 is 0 Å². The summed E-state index contributed by atoms with van der Waals surface area (Å²) in [6.45, 7) is 1.19. The van der Waals surface area contributed by atoms with Gasteiger partial charge in [-0.2, -0.15) is 5.10 Å². The van der Waals surface area contributed by atoms with Gasteiger partial charge in [0.25, 0.3) is 0 Å². The van der Waals surface area contributed by atoms with Gasteiger partial charge in [-0.15, -0.1) is 11.3 Å². The predicted octanol–water partition coefficient (Wildman–Crippen LogP) is 4.00. The van der Waals surface area contributed by atoms with Gasteiger partial charge < -0.3 is 10.1 Å². The molecule has 1 aliphatic carbocycles. The Balaban J connectivity index is 1.45. The summed E-state index contributed by atoms with van der Waals surface area (Å²) in [5, 5.41) is 9.79. The van der Waals surface area contributed by atoms with Crippen molar-refractivity contribution in [2.24, 2.45) is 5.92 Å². The molecule has 2 atom stereocenters. The van der Waals surface area contributed by atoms with Crippen LogP contribution in [0.2, 0.25) is 0 Å².